The topological polar surface area (TPSA) is 17.8 Å². The van der Waals surface area contributed by atoms with E-state index < -0.39 is 126 Å². The number of imidazole rings is 1. The Bertz CT molecular complexity index is 3540. The molecule has 2 nitrogen and oxygen atoms in total. The number of aryl methyl sites for hydroxylation is 1. The molecule has 0 unspecified atom stereocenters. The molecule has 0 saturated carbocycles. The zero-order valence-corrected chi connectivity index (χ0v) is 23.2. The molecule has 9 aromatic rings. The first-order valence-corrected chi connectivity index (χ1v) is 13.9. The van der Waals surface area contributed by atoms with Crippen LogP contribution in [0.25, 0.3) is 82.1 Å². The Morgan fingerprint density at radius 1 is 0.622 bits per heavy atom. The Morgan fingerprint density at radius 3 is 2.04 bits per heavy atom. The summed E-state index contributed by atoms with van der Waals surface area (Å²) in [5, 5.41) is -1.20. The minimum absolute atomic E-state index is 0.0709. The summed E-state index contributed by atoms with van der Waals surface area (Å²) in [5.41, 5.74) is 0.356. The number of fused-ring (bicyclic) bond motifs is 5. The molecule has 0 aliphatic heterocycles. The summed E-state index contributed by atoms with van der Waals surface area (Å²) in [6, 6.07) is 5.40. The number of para-hydroxylation sites is 2. The number of hydrogen-bond donors (Lipinski definition) is 0. The summed E-state index contributed by atoms with van der Waals surface area (Å²) in [5.74, 6) is -0.356. The maximum atomic E-state index is 9.36. The number of nitrogens with zero attached hydrogens (tertiary/aromatic N) is 2. The van der Waals surface area contributed by atoms with Crippen molar-refractivity contribution in [2.24, 2.45) is 0 Å². The lowest BCUT2D eigenvalue weighted by Gasteiger charge is -2.19. The number of hydrogen-bond acceptors (Lipinski definition) is 1. The molecule has 0 fully saturated rings. The molecular weight excluding hydrogens is 544 g/mol. The van der Waals surface area contributed by atoms with Crippen LogP contribution in [0.2, 0.25) is 0 Å². The van der Waals surface area contributed by atoms with Crippen LogP contribution in [-0.2, 0) is 6.37 Å². The predicted molar refractivity (Wildman–Crippen MR) is 191 cm³/mol. The lowest BCUT2D eigenvalue weighted by Crippen LogP contribution is -2.00. The smallest absolute Gasteiger partial charge is 0.114 e. The van der Waals surface area contributed by atoms with Crippen molar-refractivity contribution in [3.05, 3.63) is 157 Å². The van der Waals surface area contributed by atoms with Gasteiger partial charge in [0.1, 0.15) is 5.82 Å². The zero-order valence-electron chi connectivity index (χ0n) is 43.2. The van der Waals surface area contributed by atoms with Gasteiger partial charge < -0.3 is 0 Å². The van der Waals surface area contributed by atoms with Crippen LogP contribution >= 0.6 is 0 Å². The lowest BCUT2D eigenvalue weighted by atomic mass is 9.84. The molecule has 0 aliphatic carbocycles. The fourth-order valence-corrected chi connectivity index (χ4v) is 6.06. The first kappa shape index (κ1) is 12.7. The van der Waals surface area contributed by atoms with Gasteiger partial charge in [-0.15, -0.1) is 0 Å². The molecule has 0 saturated heterocycles. The van der Waals surface area contributed by atoms with Crippen molar-refractivity contribution in [1.82, 2.24) is 9.55 Å². The van der Waals surface area contributed by atoms with Gasteiger partial charge in [0, 0.05) is 18.9 Å². The van der Waals surface area contributed by atoms with E-state index in [1.165, 1.54) is 4.57 Å². The van der Waals surface area contributed by atoms with Crippen molar-refractivity contribution < 1.29 is 27.4 Å². The average molecular weight is 595 g/mol. The molecule has 212 valence electrons. The van der Waals surface area contributed by atoms with E-state index in [1.807, 2.05) is 0 Å². The van der Waals surface area contributed by atoms with E-state index in [0.717, 1.165) is 0 Å². The highest BCUT2D eigenvalue weighted by Crippen LogP contribution is 2.45. The molecule has 0 amide bonds. The lowest BCUT2D eigenvalue weighted by molar-refractivity contribution is 0.909. The summed E-state index contributed by atoms with van der Waals surface area (Å²) in [7, 11) is 0. The highest BCUT2D eigenvalue weighted by Gasteiger charge is 2.18. The van der Waals surface area contributed by atoms with Crippen LogP contribution in [-0.4, -0.2) is 9.55 Å². The third-order valence-corrected chi connectivity index (χ3v) is 7.98. The minimum atomic E-state index is -3.09. The van der Waals surface area contributed by atoms with Crippen LogP contribution in [0.3, 0.4) is 0 Å². The summed E-state index contributed by atoms with van der Waals surface area (Å²) in [4.78, 5) is 4.39. The molecule has 0 N–H and O–H groups in total. The van der Waals surface area contributed by atoms with E-state index in [2.05, 4.69) is 4.98 Å². The van der Waals surface area contributed by atoms with Crippen molar-refractivity contribution in [2.75, 3.05) is 0 Å². The van der Waals surface area contributed by atoms with Gasteiger partial charge in [-0.1, -0.05) is 128 Å². The summed E-state index contributed by atoms with van der Waals surface area (Å²) in [6.45, 7) is -3.09. The Morgan fingerprint density at radius 2 is 1.27 bits per heavy atom. The van der Waals surface area contributed by atoms with Gasteiger partial charge >= 0.3 is 0 Å². The third-order valence-electron chi connectivity index (χ3n) is 7.98. The fourth-order valence-electron chi connectivity index (χ4n) is 6.06. The van der Waals surface area contributed by atoms with Crippen molar-refractivity contribution in [1.29, 1.82) is 0 Å². The number of aromatic nitrogens is 2. The second-order valence-electron chi connectivity index (χ2n) is 10.4. The van der Waals surface area contributed by atoms with Gasteiger partial charge in [-0.25, -0.2) is 4.98 Å². The van der Waals surface area contributed by atoms with Gasteiger partial charge in [0.2, 0.25) is 0 Å². The number of rotatable bonds is 4. The molecule has 0 atom stereocenters. The standard InChI is InChI=1S/C43H30N2/c1-2-41-44-39-20-9-10-21-40(39)45(41)32-25-24-29-26-31(23-22-30(29)27-32)42-35-15-5-7-17-37(35)43(38-18-8-6-16-36(38)42)34-19-11-13-28-12-3-4-14-33(28)34/h3-27H,2H2,1H3/i1D3,2D2,3D,4D,5D,6D,7D,8D,11D,12D,13D,14D,15D,16D,17D,18D,19D. The molecule has 0 spiro atoms. The van der Waals surface area contributed by atoms with Crippen LogP contribution in [0.1, 0.15) is 40.1 Å². The van der Waals surface area contributed by atoms with Crippen molar-refractivity contribution in [3.63, 3.8) is 0 Å². The minimum Gasteiger partial charge on any atom is -0.296 e. The zero-order chi connectivity index (χ0) is 47.3. The Balaban J connectivity index is 1.44. The van der Waals surface area contributed by atoms with Gasteiger partial charge in [0.05, 0.1) is 31.6 Å². The second kappa shape index (κ2) is 10.2. The highest BCUT2D eigenvalue weighted by atomic mass is 15.1. The molecule has 8 aromatic carbocycles. The van der Waals surface area contributed by atoms with Gasteiger partial charge in [0.15, 0.2) is 0 Å². The molecule has 0 aliphatic rings. The molecule has 1 aromatic heterocycles. The van der Waals surface area contributed by atoms with Crippen LogP contribution < -0.4 is 0 Å². The van der Waals surface area contributed by atoms with E-state index in [9.17, 15) is 6.85 Å². The predicted octanol–water partition coefficient (Wildman–Crippen LogP) is 11.5. The second-order valence-corrected chi connectivity index (χ2v) is 10.4. The molecule has 0 bridgehead atoms. The van der Waals surface area contributed by atoms with Crippen LogP contribution in [0.4, 0.5) is 0 Å². The highest BCUT2D eigenvalue weighted by molar-refractivity contribution is 6.23. The molecule has 1 heterocycles. The Labute approximate surface area is 289 Å². The Kier molecular flexibility index (Phi) is 2.87. The summed E-state index contributed by atoms with van der Waals surface area (Å²) >= 11 is 0. The number of benzene rings is 8. The van der Waals surface area contributed by atoms with E-state index in [-0.39, 0.29) is 38.5 Å². The molecule has 2 heteroatoms. The van der Waals surface area contributed by atoms with Gasteiger partial charge in [-0.3, -0.25) is 4.57 Å². The summed E-state index contributed by atoms with van der Waals surface area (Å²) in [6.07, 6.45) is -2.88. The van der Waals surface area contributed by atoms with Crippen molar-refractivity contribution in [2.45, 2.75) is 13.2 Å². The van der Waals surface area contributed by atoms with Gasteiger partial charge in [-0.2, -0.15) is 0 Å². The molecule has 0 radical (unpaired) electrons. The fraction of sp³-hybridized carbons (Fsp3) is 0.0465. The normalized spacial score (nSPS) is 18.7. The quantitative estimate of drug-likeness (QED) is 0.185. The summed E-state index contributed by atoms with van der Waals surface area (Å²) < 4.78 is 177. The van der Waals surface area contributed by atoms with Crippen LogP contribution in [0, 0.1) is 0 Å². The maximum absolute atomic E-state index is 9.36. The van der Waals surface area contributed by atoms with E-state index in [4.69, 9.17) is 20.6 Å². The largest absolute Gasteiger partial charge is 0.296 e. The van der Waals surface area contributed by atoms with E-state index in [1.54, 1.807) is 60.7 Å². The first-order valence-electron chi connectivity index (χ1n) is 23.9. The van der Waals surface area contributed by atoms with Crippen molar-refractivity contribution in [3.8, 4) is 27.9 Å². The molecular formula is C43H30N2. The third kappa shape index (κ3) is 3.99. The van der Waals surface area contributed by atoms with Crippen LogP contribution in [0.5, 0.6) is 0 Å². The SMILES string of the molecule is [2H]c1c([2H])c([2H])c2c(-c3c4c([2H])c([2H])c([2H])c([2H])c4c(-c4ccc5cc(-n6c(C([2H])([2H])C([2H])([2H])[2H])nc7ccccc76)ccc5c4)c4c([2H])c([2H])c([2H])c([2H])c34)c([2H])c([2H])c([2H])c2c1[2H]. The van der Waals surface area contributed by atoms with E-state index in [0.29, 0.717) is 27.5 Å². The van der Waals surface area contributed by atoms with Gasteiger partial charge in [-0.05, 0) is 95.7 Å². The molecule has 9 rings (SSSR count). The average Bonchev–Trinajstić information content (AvgIpc) is 3.68. The maximum Gasteiger partial charge on any atom is 0.114 e. The monoisotopic (exact) mass is 594 g/mol. The van der Waals surface area contributed by atoms with Crippen molar-refractivity contribution >= 4 is 54.1 Å². The van der Waals surface area contributed by atoms with Crippen LogP contribution in [0.15, 0.2) is 151 Å². The van der Waals surface area contributed by atoms with E-state index >= 15 is 0 Å². The van der Waals surface area contributed by atoms with Gasteiger partial charge in [0.25, 0.3) is 0 Å². The first-order chi connectivity index (χ1) is 30.4. The Hall–Kier alpha value is -5.73. The molecule has 45 heavy (non-hydrogen) atoms.